The number of carbonyl (C=O) groups excluding carboxylic acids is 3. The SMILES string of the molecule is COCCNC(=O)[C@@H](c1ccc(C)cc1)N(Cc1ccccc1)C(=O)CCC(=O)Nc1nccs1. The Kier molecular flexibility index (Phi) is 9.94. The van der Waals surface area contributed by atoms with E-state index < -0.39 is 6.04 Å². The van der Waals surface area contributed by atoms with Gasteiger partial charge in [-0.3, -0.25) is 14.4 Å². The lowest BCUT2D eigenvalue weighted by Crippen LogP contribution is -2.44. The first-order chi connectivity index (χ1) is 17.0. The Labute approximate surface area is 209 Å². The minimum atomic E-state index is -0.859. The van der Waals surface area contributed by atoms with Crippen LogP contribution in [0.1, 0.15) is 35.6 Å². The summed E-state index contributed by atoms with van der Waals surface area (Å²) in [4.78, 5) is 44.8. The van der Waals surface area contributed by atoms with Crippen molar-refractivity contribution in [1.29, 1.82) is 0 Å². The van der Waals surface area contributed by atoms with E-state index >= 15 is 0 Å². The molecule has 184 valence electrons. The highest BCUT2D eigenvalue weighted by atomic mass is 32.1. The van der Waals surface area contributed by atoms with Crippen LogP contribution in [0, 0.1) is 6.92 Å². The van der Waals surface area contributed by atoms with E-state index in [1.165, 1.54) is 11.3 Å². The number of ether oxygens (including phenoxy) is 1. The second kappa shape index (κ2) is 13.4. The molecule has 0 aliphatic carbocycles. The number of carbonyl (C=O) groups is 3. The first-order valence-electron chi connectivity index (χ1n) is 11.3. The van der Waals surface area contributed by atoms with Gasteiger partial charge in [-0.15, -0.1) is 11.3 Å². The topological polar surface area (TPSA) is 101 Å². The lowest BCUT2D eigenvalue weighted by molar-refractivity contribution is -0.142. The van der Waals surface area contributed by atoms with Crippen molar-refractivity contribution in [3.63, 3.8) is 0 Å². The lowest BCUT2D eigenvalue weighted by atomic mass is 10.0. The fourth-order valence-electron chi connectivity index (χ4n) is 3.53. The summed E-state index contributed by atoms with van der Waals surface area (Å²) < 4.78 is 5.06. The van der Waals surface area contributed by atoms with Crippen molar-refractivity contribution in [1.82, 2.24) is 15.2 Å². The Morgan fingerprint density at radius 2 is 1.80 bits per heavy atom. The van der Waals surface area contributed by atoms with E-state index in [9.17, 15) is 14.4 Å². The van der Waals surface area contributed by atoms with Gasteiger partial charge in [-0.05, 0) is 18.1 Å². The summed E-state index contributed by atoms with van der Waals surface area (Å²) in [6.07, 6.45) is 1.54. The van der Waals surface area contributed by atoms with Crippen molar-refractivity contribution in [2.75, 3.05) is 25.6 Å². The molecule has 1 heterocycles. The van der Waals surface area contributed by atoms with Crippen LogP contribution in [0.2, 0.25) is 0 Å². The molecular weight excluding hydrogens is 464 g/mol. The zero-order valence-electron chi connectivity index (χ0n) is 19.9. The molecular formula is C26H30N4O4S. The monoisotopic (exact) mass is 494 g/mol. The van der Waals surface area contributed by atoms with Gasteiger partial charge < -0.3 is 20.3 Å². The second-order valence-electron chi connectivity index (χ2n) is 7.99. The van der Waals surface area contributed by atoms with Gasteiger partial charge in [0.15, 0.2) is 5.13 Å². The van der Waals surface area contributed by atoms with Crippen molar-refractivity contribution in [2.45, 2.75) is 32.4 Å². The highest BCUT2D eigenvalue weighted by Gasteiger charge is 2.31. The molecule has 3 aromatic rings. The van der Waals surface area contributed by atoms with Crippen LogP contribution in [0.3, 0.4) is 0 Å². The van der Waals surface area contributed by atoms with Gasteiger partial charge in [0.2, 0.25) is 17.7 Å². The third kappa shape index (κ3) is 8.01. The quantitative estimate of drug-likeness (QED) is 0.374. The zero-order valence-corrected chi connectivity index (χ0v) is 20.7. The highest BCUT2D eigenvalue weighted by molar-refractivity contribution is 7.13. The molecule has 0 unspecified atom stereocenters. The van der Waals surface area contributed by atoms with Crippen LogP contribution in [0.5, 0.6) is 0 Å². The van der Waals surface area contributed by atoms with Crippen molar-refractivity contribution in [3.8, 4) is 0 Å². The molecule has 2 N–H and O–H groups in total. The number of rotatable bonds is 12. The number of anilines is 1. The molecule has 8 nitrogen and oxygen atoms in total. The number of thiazole rings is 1. The standard InChI is InChI=1S/C26H30N4O4S/c1-19-8-10-21(11-9-19)24(25(33)27-14-16-34-2)30(18-20-6-4-3-5-7-20)23(32)13-12-22(31)29-26-28-15-17-35-26/h3-11,15,17,24H,12-14,16,18H2,1-2H3,(H,27,33)(H,28,29,31)/t24-/m1/s1. The number of methoxy groups -OCH3 is 1. The Morgan fingerprint density at radius 1 is 1.06 bits per heavy atom. The fraction of sp³-hybridized carbons (Fsp3) is 0.308. The van der Waals surface area contributed by atoms with Crippen molar-refractivity contribution < 1.29 is 19.1 Å². The fourth-order valence-corrected chi connectivity index (χ4v) is 4.07. The average Bonchev–Trinajstić information content (AvgIpc) is 3.37. The number of aromatic nitrogens is 1. The van der Waals surface area contributed by atoms with Gasteiger partial charge in [-0.25, -0.2) is 4.98 Å². The van der Waals surface area contributed by atoms with Crippen LogP contribution in [-0.2, 0) is 25.7 Å². The van der Waals surface area contributed by atoms with E-state index in [-0.39, 0.29) is 37.1 Å². The molecule has 0 spiro atoms. The predicted octanol–water partition coefficient (Wildman–Crippen LogP) is 3.70. The summed E-state index contributed by atoms with van der Waals surface area (Å²) in [6, 6.07) is 16.2. The summed E-state index contributed by atoms with van der Waals surface area (Å²) >= 11 is 1.31. The molecule has 0 aliphatic heterocycles. The van der Waals surface area contributed by atoms with Crippen LogP contribution in [0.4, 0.5) is 5.13 Å². The Balaban J connectivity index is 1.85. The van der Waals surface area contributed by atoms with Crippen LogP contribution in [-0.4, -0.2) is 47.9 Å². The third-order valence-corrected chi connectivity index (χ3v) is 6.01. The van der Waals surface area contributed by atoms with Crippen molar-refractivity contribution in [3.05, 3.63) is 82.9 Å². The van der Waals surface area contributed by atoms with E-state index in [4.69, 9.17) is 4.74 Å². The van der Waals surface area contributed by atoms with Gasteiger partial charge in [0.05, 0.1) is 6.61 Å². The van der Waals surface area contributed by atoms with E-state index in [0.717, 1.165) is 11.1 Å². The van der Waals surface area contributed by atoms with Gasteiger partial charge in [0.25, 0.3) is 0 Å². The minimum Gasteiger partial charge on any atom is -0.383 e. The van der Waals surface area contributed by atoms with Crippen LogP contribution < -0.4 is 10.6 Å². The number of nitrogens with zero attached hydrogens (tertiary/aromatic N) is 2. The first kappa shape index (κ1) is 26.1. The van der Waals surface area contributed by atoms with Gasteiger partial charge in [0, 0.05) is 44.6 Å². The molecule has 0 bridgehead atoms. The van der Waals surface area contributed by atoms with Crippen molar-refractivity contribution in [2.24, 2.45) is 0 Å². The maximum Gasteiger partial charge on any atom is 0.247 e. The van der Waals surface area contributed by atoms with Gasteiger partial charge in [-0.2, -0.15) is 0 Å². The third-order valence-electron chi connectivity index (χ3n) is 5.32. The maximum absolute atomic E-state index is 13.5. The minimum absolute atomic E-state index is 0.0182. The molecule has 3 amide bonds. The van der Waals surface area contributed by atoms with Crippen LogP contribution in [0.15, 0.2) is 66.2 Å². The number of amides is 3. The largest absolute Gasteiger partial charge is 0.383 e. The van der Waals surface area contributed by atoms with Gasteiger partial charge in [-0.1, -0.05) is 60.2 Å². The second-order valence-corrected chi connectivity index (χ2v) is 8.88. The smallest absolute Gasteiger partial charge is 0.247 e. The van der Waals surface area contributed by atoms with E-state index in [2.05, 4.69) is 15.6 Å². The summed E-state index contributed by atoms with van der Waals surface area (Å²) in [6.45, 7) is 2.87. The molecule has 1 aromatic heterocycles. The summed E-state index contributed by atoms with van der Waals surface area (Å²) in [5, 5.41) is 7.81. The summed E-state index contributed by atoms with van der Waals surface area (Å²) in [5.74, 6) is -0.901. The molecule has 9 heteroatoms. The molecule has 35 heavy (non-hydrogen) atoms. The molecule has 2 aromatic carbocycles. The van der Waals surface area contributed by atoms with Gasteiger partial charge >= 0.3 is 0 Å². The summed E-state index contributed by atoms with van der Waals surface area (Å²) in [7, 11) is 1.56. The Hall–Kier alpha value is -3.56. The molecule has 3 rings (SSSR count). The van der Waals surface area contributed by atoms with E-state index in [1.54, 1.807) is 23.6 Å². The predicted molar refractivity (Wildman–Crippen MR) is 136 cm³/mol. The number of aryl methyl sites for hydroxylation is 1. The Morgan fingerprint density at radius 3 is 2.46 bits per heavy atom. The molecule has 0 radical (unpaired) electrons. The Bertz CT molecular complexity index is 1090. The lowest BCUT2D eigenvalue weighted by Gasteiger charge is -2.32. The van der Waals surface area contributed by atoms with Crippen molar-refractivity contribution >= 4 is 34.2 Å². The average molecular weight is 495 g/mol. The van der Waals surface area contributed by atoms with E-state index in [1.807, 2.05) is 61.5 Å². The first-order valence-corrected chi connectivity index (χ1v) is 12.2. The molecule has 0 saturated heterocycles. The molecule has 0 aliphatic rings. The molecule has 0 saturated carbocycles. The van der Waals surface area contributed by atoms with E-state index in [0.29, 0.717) is 23.8 Å². The molecule has 1 atom stereocenters. The maximum atomic E-state index is 13.5. The highest BCUT2D eigenvalue weighted by Crippen LogP contribution is 2.25. The normalized spacial score (nSPS) is 11.5. The number of hydrogen-bond acceptors (Lipinski definition) is 6. The van der Waals surface area contributed by atoms with Crippen LogP contribution in [0.25, 0.3) is 0 Å². The summed E-state index contributed by atoms with van der Waals surface area (Å²) in [5.41, 5.74) is 2.63. The number of benzene rings is 2. The van der Waals surface area contributed by atoms with Crippen LogP contribution >= 0.6 is 11.3 Å². The number of nitrogens with one attached hydrogen (secondary N) is 2. The van der Waals surface area contributed by atoms with Gasteiger partial charge in [0.1, 0.15) is 6.04 Å². The number of hydrogen-bond donors (Lipinski definition) is 2. The molecule has 0 fully saturated rings. The zero-order chi connectivity index (χ0) is 25.0.